The molecule has 1 aliphatic carbocycles. The first kappa shape index (κ1) is 18.0. The van der Waals surface area contributed by atoms with Crippen LogP contribution in [-0.4, -0.2) is 32.1 Å². The average molecular weight is 435 g/mol. The number of ketones is 1. The Kier molecular flexibility index (Phi) is 4.61. The number of hydrogen-bond acceptors (Lipinski definition) is 5. The van der Waals surface area contributed by atoms with Gasteiger partial charge in [-0.1, -0.05) is 19.9 Å². The first-order chi connectivity index (χ1) is 12.4. The molecule has 0 radical (unpaired) electrons. The van der Waals surface area contributed by atoms with Gasteiger partial charge >= 0.3 is 0 Å². The third-order valence-electron chi connectivity index (χ3n) is 5.12. The molecule has 1 fully saturated rings. The Bertz CT molecular complexity index is 869. The highest BCUT2D eigenvalue weighted by Crippen LogP contribution is 2.50. The standard InChI is InChI=1S/C20H23BrN2O2S/c1-20(2)10-13-17(12-3-4-15(22)14(21)9-12)19(23-5-7-25-8-6-23)26-18(13)16(24)11-20/h3-4,9H,5-8,10-11,22H2,1-2H3. The fourth-order valence-corrected chi connectivity index (χ4v) is 5.58. The first-order valence-electron chi connectivity index (χ1n) is 8.93. The number of thiophene rings is 1. The Hall–Kier alpha value is -1.37. The molecule has 138 valence electrons. The van der Waals surface area contributed by atoms with Crippen molar-refractivity contribution in [2.24, 2.45) is 5.41 Å². The second-order valence-corrected chi connectivity index (χ2v) is 9.72. The van der Waals surface area contributed by atoms with E-state index in [9.17, 15) is 4.79 Å². The predicted molar refractivity (Wildman–Crippen MR) is 111 cm³/mol. The van der Waals surface area contributed by atoms with Crippen molar-refractivity contribution >= 4 is 43.7 Å². The van der Waals surface area contributed by atoms with E-state index in [-0.39, 0.29) is 11.2 Å². The number of nitrogens with zero attached hydrogens (tertiary/aromatic N) is 1. The van der Waals surface area contributed by atoms with Gasteiger partial charge in [0.05, 0.1) is 23.1 Å². The summed E-state index contributed by atoms with van der Waals surface area (Å²) in [6, 6.07) is 6.08. The number of Topliss-reactive ketones (excluding diaryl/α,β-unsaturated/α-hetero) is 1. The Morgan fingerprint density at radius 1 is 1.23 bits per heavy atom. The highest BCUT2D eigenvalue weighted by Gasteiger charge is 2.37. The van der Waals surface area contributed by atoms with E-state index in [1.54, 1.807) is 11.3 Å². The van der Waals surface area contributed by atoms with Gasteiger partial charge in [0, 0.05) is 35.2 Å². The number of nitrogens with two attached hydrogens (primary N) is 1. The molecule has 2 N–H and O–H groups in total. The summed E-state index contributed by atoms with van der Waals surface area (Å²) < 4.78 is 6.42. The molecule has 26 heavy (non-hydrogen) atoms. The zero-order valence-electron chi connectivity index (χ0n) is 15.1. The van der Waals surface area contributed by atoms with Gasteiger partial charge < -0.3 is 15.4 Å². The number of halogens is 1. The summed E-state index contributed by atoms with van der Waals surface area (Å²) in [4.78, 5) is 16.1. The summed E-state index contributed by atoms with van der Waals surface area (Å²) >= 11 is 5.22. The third kappa shape index (κ3) is 3.19. The smallest absolute Gasteiger partial charge is 0.173 e. The zero-order chi connectivity index (χ0) is 18.5. The summed E-state index contributed by atoms with van der Waals surface area (Å²) in [5.41, 5.74) is 10.2. The molecule has 1 aromatic carbocycles. The number of carbonyl (C=O) groups is 1. The molecule has 1 aromatic heterocycles. The van der Waals surface area contributed by atoms with Crippen LogP contribution >= 0.6 is 27.3 Å². The van der Waals surface area contributed by atoms with E-state index < -0.39 is 0 Å². The first-order valence-corrected chi connectivity index (χ1v) is 10.5. The molecule has 0 unspecified atom stereocenters. The number of morpholine rings is 1. The minimum atomic E-state index is -0.00672. The fourth-order valence-electron chi connectivity index (χ4n) is 3.87. The van der Waals surface area contributed by atoms with Crippen LogP contribution < -0.4 is 10.6 Å². The number of nitrogen functional groups attached to an aromatic ring is 1. The summed E-state index contributed by atoms with van der Waals surface area (Å²) in [5, 5.41) is 1.20. The summed E-state index contributed by atoms with van der Waals surface area (Å²) in [6.45, 7) is 7.55. The van der Waals surface area contributed by atoms with Crippen LogP contribution in [0.5, 0.6) is 0 Å². The van der Waals surface area contributed by atoms with Crippen molar-refractivity contribution in [1.29, 1.82) is 0 Å². The highest BCUT2D eigenvalue weighted by molar-refractivity contribution is 9.10. The fraction of sp³-hybridized carbons (Fsp3) is 0.450. The molecule has 2 aromatic rings. The Morgan fingerprint density at radius 3 is 2.65 bits per heavy atom. The second kappa shape index (κ2) is 6.66. The molecule has 0 saturated carbocycles. The van der Waals surface area contributed by atoms with E-state index in [2.05, 4.69) is 46.8 Å². The lowest BCUT2D eigenvalue weighted by atomic mass is 9.75. The lowest BCUT2D eigenvalue weighted by molar-refractivity contribution is 0.0918. The number of ether oxygens (including phenoxy) is 1. The van der Waals surface area contributed by atoms with Crippen molar-refractivity contribution < 1.29 is 9.53 Å². The summed E-state index contributed by atoms with van der Waals surface area (Å²) in [6.07, 6.45) is 1.54. The van der Waals surface area contributed by atoms with Crippen molar-refractivity contribution in [3.8, 4) is 11.1 Å². The van der Waals surface area contributed by atoms with Crippen LogP contribution in [0, 0.1) is 5.41 Å². The zero-order valence-corrected chi connectivity index (χ0v) is 17.5. The van der Waals surface area contributed by atoms with Crippen LogP contribution in [-0.2, 0) is 11.2 Å². The van der Waals surface area contributed by atoms with Crippen LogP contribution in [0.3, 0.4) is 0 Å². The van der Waals surface area contributed by atoms with Gasteiger partial charge in [0.15, 0.2) is 5.78 Å². The van der Waals surface area contributed by atoms with Crippen molar-refractivity contribution in [2.45, 2.75) is 26.7 Å². The highest BCUT2D eigenvalue weighted by atomic mass is 79.9. The van der Waals surface area contributed by atoms with Crippen molar-refractivity contribution in [1.82, 2.24) is 0 Å². The maximum Gasteiger partial charge on any atom is 0.173 e. The quantitative estimate of drug-likeness (QED) is 0.692. The molecule has 0 amide bonds. The van der Waals surface area contributed by atoms with Gasteiger partial charge in [0.2, 0.25) is 0 Å². The van der Waals surface area contributed by atoms with Gasteiger partial charge in [-0.3, -0.25) is 4.79 Å². The summed E-state index contributed by atoms with van der Waals surface area (Å²) in [7, 11) is 0. The van der Waals surface area contributed by atoms with Crippen LogP contribution in [0.25, 0.3) is 11.1 Å². The van der Waals surface area contributed by atoms with Gasteiger partial charge in [-0.25, -0.2) is 0 Å². The largest absolute Gasteiger partial charge is 0.398 e. The maximum absolute atomic E-state index is 12.8. The molecule has 0 atom stereocenters. The summed E-state index contributed by atoms with van der Waals surface area (Å²) in [5.74, 6) is 0.275. The SMILES string of the molecule is CC1(C)CC(=O)c2sc(N3CCOCC3)c(-c3ccc(N)c(Br)c3)c2C1. The van der Waals surface area contributed by atoms with Gasteiger partial charge in [-0.15, -0.1) is 11.3 Å². The third-order valence-corrected chi connectivity index (χ3v) is 7.14. The molecular formula is C20H23BrN2O2S. The topological polar surface area (TPSA) is 55.6 Å². The monoisotopic (exact) mass is 434 g/mol. The number of carbonyl (C=O) groups excluding carboxylic acids is 1. The predicted octanol–water partition coefficient (Wildman–Crippen LogP) is 4.75. The van der Waals surface area contributed by atoms with Gasteiger partial charge in [-0.05, 0) is 51.0 Å². The molecule has 1 saturated heterocycles. The van der Waals surface area contributed by atoms with E-state index >= 15 is 0 Å². The lowest BCUT2D eigenvalue weighted by Crippen LogP contribution is -2.36. The van der Waals surface area contributed by atoms with Crippen molar-refractivity contribution in [2.75, 3.05) is 36.9 Å². The Labute approximate surface area is 166 Å². The number of fused-ring (bicyclic) bond motifs is 1. The molecule has 6 heteroatoms. The van der Waals surface area contributed by atoms with E-state index in [0.29, 0.717) is 6.42 Å². The van der Waals surface area contributed by atoms with Gasteiger partial charge in [0.25, 0.3) is 0 Å². The van der Waals surface area contributed by atoms with Gasteiger partial charge in [0.1, 0.15) is 0 Å². The molecule has 4 nitrogen and oxygen atoms in total. The molecule has 2 aliphatic rings. The molecule has 0 spiro atoms. The minimum absolute atomic E-state index is 0.00672. The maximum atomic E-state index is 12.8. The van der Waals surface area contributed by atoms with Crippen LogP contribution in [0.1, 0.15) is 35.5 Å². The molecule has 4 rings (SSSR count). The van der Waals surface area contributed by atoms with E-state index in [0.717, 1.165) is 53.3 Å². The van der Waals surface area contributed by atoms with Crippen molar-refractivity contribution in [3.05, 3.63) is 33.1 Å². The molecule has 0 bridgehead atoms. The molecule has 1 aliphatic heterocycles. The molecule has 2 heterocycles. The van der Waals surface area contributed by atoms with E-state index in [1.807, 2.05) is 6.07 Å². The minimum Gasteiger partial charge on any atom is -0.398 e. The van der Waals surface area contributed by atoms with Gasteiger partial charge in [-0.2, -0.15) is 0 Å². The number of anilines is 2. The van der Waals surface area contributed by atoms with E-state index in [4.69, 9.17) is 10.5 Å². The second-order valence-electron chi connectivity index (χ2n) is 7.87. The van der Waals surface area contributed by atoms with Crippen LogP contribution in [0.2, 0.25) is 0 Å². The van der Waals surface area contributed by atoms with E-state index in [1.165, 1.54) is 16.1 Å². The lowest BCUT2D eigenvalue weighted by Gasteiger charge is -2.30. The average Bonchev–Trinajstić information content (AvgIpc) is 2.96. The van der Waals surface area contributed by atoms with Crippen LogP contribution in [0.4, 0.5) is 10.7 Å². The number of benzene rings is 1. The van der Waals surface area contributed by atoms with Crippen molar-refractivity contribution in [3.63, 3.8) is 0 Å². The normalized spacial score (nSPS) is 19.5. The Morgan fingerprint density at radius 2 is 1.96 bits per heavy atom. The Balaban J connectivity index is 1.91. The van der Waals surface area contributed by atoms with Crippen LogP contribution in [0.15, 0.2) is 22.7 Å². The number of rotatable bonds is 2. The molecular weight excluding hydrogens is 412 g/mol. The number of hydrogen-bond donors (Lipinski definition) is 1.